The lowest BCUT2D eigenvalue weighted by atomic mass is 10.1. The summed E-state index contributed by atoms with van der Waals surface area (Å²) in [5, 5.41) is 9.38. The van der Waals surface area contributed by atoms with Gasteiger partial charge < -0.3 is 10.6 Å². The Morgan fingerprint density at radius 3 is 3.12 bits per heavy atom. The highest BCUT2D eigenvalue weighted by molar-refractivity contribution is 5.91. The summed E-state index contributed by atoms with van der Waals surface area (Å²) in [6.45, 7) is 2.11. The van der Waals surface area contributed by atoms with Gasteiger partial charge >= 0.3 is 0 Å². The van der Waals surface area contributed by atoms with Gasteiger partial charge in [0, 0.05) is 24.2 Å². The molecular weight excluding hydrogens is 210 g/mol. The van der Waals surface area contributed by atoms with E-state index in [-0.39, 0.29) is 0 Å². The Morgan fingerprint density at radius 2 is 2.24 bits per heavy atom. The molecule has 2 aromatic rings. The minimum atomic E-state index is 0.593. The van der Waals surface area contributed by atoms with Gasteiger partial charge in [-0.05, 0) is 30.8 Å². The molecule has 0 amide bonds. The first-order valence-electron chi connectivity index (χ1n) is 6.24. The Balaban J connectivity index is 1.79. The fraction of sp³-hybridized carbons (Fsp3) is 0.357. The van der Waals surface area contributed by atoms with Crippen LogP contribution in [0, 0.1) is 0 Å². The minimum Gasteiger partial charge on any atom is -0.368 e. The van der Waals surface area contributed by atoms with E-state index in [4.69, 9.17) is 0 Å². The third kappa shape index (κ3) is 2.24. The molecule has 1 atom stereocenters. The highest BCUT2D eigenvalue weighted by Gasteiger charge is 2.13. The van der Waals surface area contributed by atoms with Crippen LogP contribution in [-0.4, -0.2) is 24.1 Å². The van der Waals surface area contributed by atoms with E-state index in [1.54, 1.807) is 0 Å². The van der Waals surface area contributed by atoms with Gasteiger partial charge in [0.2, 0.25) is 0 Å². The summed E-state index contributed by atoms with van der Waals surface area (Å²) in [6.07, 6.45) is 4.42. The fourth-order valence-corrected chi connectivity index (χ4v) is 2.41. The predicted molar refractivity (Wildman–Crippen MR) is 71.3 cm³/mol. The second-order valence-electron chi connectivity index (χ2n) is 4.55. The van der Waals surface area contributed by atoms with Gasteiger partial charge in [0.15, 0.2) is 0 Å². The summed E-state index contributed by atoms with van der Waals surface area (Å²) < 4.78 is 0. The molecule has 0 radical (unpaired) electrons. The maximum atomic E-state index is 4.43. The Kier molecular flexibility index (Phi) is 2.92. The summed E-state index contributed by atoms with van der Waals surface area (Å²) >= 11 is 0. The van der Waals surface area contributed by atoms with Crippen LogP contribution in [0.15, 0.2) is 36.5 Å². The van der Waals surface area contributed by atoms with Crippen molar-refractivity contribution in [2.24, 2.45) is 0 Å². The lowest BCUT2D eigenvalue weighted by Gasteiger charge is -2.13. The SMILES string of the molecule is c1ccc2c(NCC3CCCN3)nccc2c1. The second kappa shape index (κ2) is 4.72. The van der Waals surface area contributed by atoms with Crippen molar-refractivity contribution < 1.29 is 0 Å². The second-order valence-corrected chi connectivity index (χ2v) is 4.55. The molecule has 0 aliphatic carbocycles. The first-order valence-corrected chi connectivity index (χ1v) is 6.24. The van der Waals surface area contributed by atoms with Gasteiger partial charge in [0.25, 0.3) is 0 Å². The smallest absolute Gasteiger partial charge is 0.133 e. The van der Waals surface area contributed by atoms with Crippen LogP contribution in [0.4, 0.5) is 5.82 Å². The monoisotopic (exact) mass is 227 g/mol. The van der Waals surface area contributed by atoms with Crippen LogP contribution in [0.1, 0.15) is 12.8 Å². The minimum absolute atomic E-state index is 0.593. The highest BCUT2D eigenvalue weighted by atomic mass is 15.0. The fourth-order valence-electron chi connectivity index (χ4n) is 2.41. The normalized spacial score (nSPS) is 19.6. The van der Waals surface area contributed by atoms with E-state index in [0.717, 1.165) is 18.9 Å². The van der Waals surface area contributed by atoms with Crippen LogP contribution in [0.3, 0.4) is 0 Å². The third-order valence-corrected chi connectivity index (χ3v) is 3.35. The molecule has 3 nitrogen and oxygen atoms in total. The first-order chi connectivity index (χ1) is 8.43. The van der Waals surface area contributed by atoms with Gasteiger partial charge in [-0.15, -0.1) is 0 Å². The third-order valence-electron chi connectivity index (χ3n) is 3.35. The molecule has 0 saturated carbocycles. The van der Waals surface area contributed by atoms with E-state index in [9.17, 15) is 0 Å². The standard InChI is InChI=1S/C14H17N3/c1-2-6-13-11(4-1)7-9-16-14(13)17-10-12-5-3-8-15-12/h1-2,4,6-7,9,12,15H,3,5,8,10H2,(H,16,17). The molecule has 0 spiro atoms. The maximum Gasteiger partial charge on any atom is 0.133 e. The lowest BCUT2D eigenvalue weighted by Crippen LogP contribution is -2.29. The molecule has 2 heterocycles. The van der Waals surface area contributed by atoms with E-state index < -0.39 is 0 Å². The molecule has 17 heavy (non-hydrogen) atoms. The summed E-state index contributed by atoms with van der Waals surface area (Å²) in [7, 11) is 0. The predicted octanol–water partition coefficient (Wildman–Crippen LogP) is 2.40. The topological polar surface area (TPSA) is 37.0 Å². The Hall–Kier alpha value is -1.61. The number of nitrogens with zero attached hydrogens (tertiary/aromatic N) is 1. The molecular formula is C14H17N3. The van der Waals surface area contributed by atoms with E-state index in [1.165, 1.54) is 23.6 Å². The van der Waals surface area contributed by atoms with Crippen molar-refractivity contribution in [3.8, 4) is 0 Å². The number of benzene rings is 1. The average Bonchev–Trinajstić information content (AvgIpc) is 2.89. The maximum absolute atomic E-state index is 4.43. The molecule has 1 aliphatic heterocycles. The van der Waals surface area contributed by atoms with Crippen LogP contribution in [0.25, 0.3) is 10.8 Å². The number of pyridine rings is 1. The number of nitrogens with one attached hydrogen (secondary N) is 2. The molecule has 3 heteroatoms. The quantitative estimate of drug-likeness (QED) is 0.845. The molecule has 0 bridgehead atoms. The van der Waals surface area contributed by atoms with Crippen LogP contribution >= 0.6 is 0 Å². The van der Waals surface area contributed by atoms with Crippen molar-refractivity contribution >= 4 is 16.6 Å². The largest absolute Gasteiger partial charge is 0.368 e. The molecule has 1 aromatic carbocycles. The zero-order valence-corrected chi connectivity index (χ0v) is 9.82. The van der Waals surface area contributed by atoms with Crippen LogP contribution in [0.2, 0.25) is 0 Å². The van der Waals surface area contributed by atoms with Gasteiger partial charge in [-0.1, -0.05) is 24.3 Å². The molecule has 1 aliphatic rings. The van der Waals surface area contributed by atoms with Crippen LogP contribution in [-0.2, 0) is 0 Å². The summed E-state index contributed by atoms with van der Waals surface area (Å²) in [6, 6.07) is 11.0. The summed E-state index contributed by atoms with van der Waals surface area (Å²) in [5.41, 5.74) is 0. The van der Waals surface area contributed by atoms with E-state index in [1.807, 2.05) is 12.3 Å². The average molecular weight is 227 g/mol. The summed E-state index contributed by atoms with van der Waals surface area (Å²) in [4.78, 5) is 4.43. The Labute approximate surface area is 101 Å². The van der Waals surface area contributed by atoms with E-state index in [0.29, 0.717) is 6.04 Å². The van der Waals surface area contributed by atoms with E-state index >= 15 is 0 Å². The van der Waals surface area contributed by atoms with Gasteiger partial charge in [-0.3, -0.25) is 0 Å². The molecule has 1 fully saturated rings. The zero-order valence-electron chi connectivity index (χ0n) is 9.82. The van der Waals surface area contributed by atoms with E-state index in [2.05, 4.69) is 39.9 Å². The molecule has 1 unspecified atom stereocenters. The number of aromatic nitrogens is 1. The molecule has 2 N–H and O–H groups in total. The highest BCUT2D eigenvalue weighted by Crippen LogP contribution is 2.20. The Bertz CT molecular complexity index is 498. The number of hydrogen-bond acceptors (Lipinski definition) is 3. The van der Waals surface area contributed by atoms with Crippen LogP contribution < -0.4 is 10.6 Å². The zero-order chi connectivity index (χ0) is 11.5. The van der Waals surface area contributed by atoms with Crippen molar-refractivity contribution in [2.45, 2.75) is 18.9 Å². The number of rotatable bonds is 3. The number of anilines is 1. The molecule has 3 rings (SSSR count). The van der Waals surface area contributed by atoms with Gasteiger partial charge in [-0.25, -0.2) is 4.98 Å². The first kappa shape index (κ1) is 10.5. The molecule has 1 aromatic heterocycles. The Morgan fingerprint density at radius 1 is 1.29 bits per heavy atom. The number of fused-ring (bicyclic) bond motifs is 1. The van der Waals surface area contributed by atoms with Gasteiger partial charge in [0.1, 0.15) is 5.82 Å². The van der Waals surface area contributed by atoms with Crippen molar-refractivity contribution in [3.63, 3.8) is 0 Å². The van der Waals surface area contributed by atoms with Crippen molar-refractivity contribution in [1.82, 2.24) is 10.3 Å². The molecule has 1 saturated heterocycles. The van der Waals surface area contributed by atoms with Crippen LogP contribution in [0.5, 0.6) is 0 Å². The lowest BCUT2D eigenvalue weighted by molar-refractivity contribution is 0.633. The van der Waals surface area contributed by atoms with Gasteiger partial charge in [-0.2, -0.15) is 0 Å². The van der Waals surface area contributed by atoms with Crippen molar-refractivity contribution in [2.75, 3.05) is 18.4 Å². The van der Waals surface area contributed by atoms with Crippen molar-refractivity contribution in [3.05, 3.63) is 36.5 Å². The molecule has 88 valence electrons. The summed E-state index contributed by atoms with van der Waals surface area (Å²) in [5.74, 6) is 0.997. The van der Waals surface area contributed by atoms with Gasteiger partial charge in [0.05, 0.1) is 0 Å². The number of hydrogen-bond donors (Lipinski definition) is 2. The van der Waals surface area contributed by atoms with Crippen molar-refractivity contribution in [1.29, 1.82) is 0 Å².